The van der Waals surface area contributed by atoms with Gasteiger partial charge in [-0.05, 0) is 48.7 Å². The van der Waals surface area contributed by atoms with E-state index in [1.807, 2.05) is 29.7 Å². The second-order valence-electron chi connectivity index (χ2n) is 5.88. The fourth-order valence-corrected chi connectivity index (χ4v) is 2.74. The molecule has 0 unspecified atom stereocenters. The van der Waals surface area contributed by atoms with Gasteiger partial charge in [-0.25, -0.2) is 14.4 Å². The second-order valence-corrected chi connectivity index (χ2v) is 6.31. The summed E-state index contributed by atoms with van der Waals surface area (Å²) in [6.07, 6.45) is 4.94. The summed E-state index contributed by atoms with van der Waals surface area (Å²) in [5, 5.41) is 5.07. The van der Waals surface area contributed by atoms with Crippen molar-refractivity contribution in [3.63, 3.8) is 0 Å². The summed E-state index contributed by atoms with van der Waals surface area (Å²) >= 11 is 5.80. The standard InChI is InChI=1S/C18H19ClFN5/c1-24(18-21-11-14(19)12-22-18)9-3-4-16-10-17(25(2)23-16)13-5-7-15(20)8-6-13/h5-8,10-12H,3-4,9H2,1-2H3. The van der Waals surface area contributed by atoms with Gasteiger partial charge in [0.15, 0.2) is 0 Å². The number of rotatable bonds is 6. The van der Waals surface area contributed by atoms with Crippen LogP contribution >= 0.6 is 11.6 Å². The average molecular weight is 360 g/mol. The number of anilines is 1. The molecule has 0 N–H and O–H groups in total. The summed E-state index contributed by atoms with van der Waals surface area (Å²) in [6.45, 7) is 0.810. The Morgan fingerprint density at radius 1 is 1.16 bits per heavy atom. The van der Waals surface area contributed by atoms with Gasteiger partial charge >= 0.3 is 0 Å². The van der Waals surface area contributed by atoms with Gasteiger partial charge in [0, 0.05) is 20.6 Å². The van der Waals surface area contributed by atoms with Crippen molar-refractivity contribution in [1.82, 2.24) is 19.7 Å². The van der Waals surface area contributed by atoms with Crippen molar-refractivity contribution in [3.05, 3.63) is 59.3 Å². The van der Waals surface area contributed by atoms with Crippen LogP contribution in [0.1, 0.15) is 12.1 Å². The van der Waals surface area contributed by atoms with Gasteiger partial charge < -0.3 is 4.90 Å². The van der Waals surface area contributed by atoms with Crippen LogP contribution in [0.15, 0.2) is 42.7 Å². The van der Waals surface area contributed by atoms with E-state index in [1.54, 1.807) is 24.5 Å². The molecule has 0 saturated carbocycles. The first kappa shape index (κ1) is 17.4. The van der Waals surface area contributed by atoms with Crippen LogP contribution in [0.2, 0.25) is 5.02 Å². The predicted octanol–water partition coefficient (Wildman–Crippen LogP) is 3.74. The zero-order valence-corrected chi connectivity index (χ0v) is 14.9. The lowest BCUT2D eigenvalue weighted by Crippen LogP contribution is -2.21. The molecule has 0 amide bonds. The molecule has 0 bridgehead atoms. The third kappa shape index (κ3) is 4.33. The van der Waals surface area contributed by atoms with Gasteiger partial charge in [0.1, 0.15) is 5.82 Å². The molecule has 0 saturated heterocycles. The molecule has 2 aromatic heterocycles. The fourth-order valence-electron chi connectivity index (χ4n) is 2.64. The second kappa shape index (κ2) is 7.61. The smallest absolute Gasteiger partial charge is 0.225 e. The van der Waals surface area contributed by atoms with Gasteiger partial charge in [-0.1, -0.05) is 11.6 Å². The summed E-state index contributed by atoms with van der Waals surface area (Å²) in [7, 11) is 3.85. The van der Waals surface area contributed by atoms with Crippen LogP contribution in [0.4, 0.5) is 10.3 Å². The molecule has 0 aliphatic heterocycles. The topological polar surface area (TPSA) is 46.8 Å². The van der Waals surface area contributed by atoms with Crippen LogP contribution in [-0.2, 0) is 13.5 Å². The molecule has 0 fully saturated rings. The van der Waals surface area contributed by atoms with Gasteiger partial charge in [0.2, 0.25) is 5.95 Å². The monoisotopic (exact) mass is 359 g/mol. The molecule has 7 heteroatoms. The number of aromatic nitrogens is 4. The first-order chi connectivity index (χ1) is 12.0. The van der Waals surface area contributed by atoms with E-state index < -0.39 is 0 Å². The zero-order valence-electron chi connectivity index (χ0n) is 14.2. The van der Waals surface area contributed by atoms with Crippen molar-refractivity contribution in [2.24, 2.45) is 7.05 Å². The summed E-state index contributed by atoms with van der Waals surface area (Å²) in [5.41, 5.74) is 2.94. The van der Waals surface area contributed by atoms with Crippen molar-refractivity contribution in [2.75, 3.05) is 18.5 Å². The molecule has 0 spiro atoms. The van der Waals surface area contributed by atoms with E-state index in [1.165, 1.54) is 12.1 Å². The molecule has 5 nitrogen and oxygen atoms in total. The first-order valence-electron chi connectivity index (χ1n) is 8.00. The third-order valence-electron chi connectivity index (χ3n) is 3.94. The molecule has 0 atom stereocenters. The molecular weight excluding hydrogens is 341 g/mol. The molecule has 130 valence electrons. The highest BCUT2D eigenvalue weighted by Crippen LogP contribution is 2.21. The van der Waals surface area contributed by atoms with E-state index >= 15 is 0 Å². The lowest BCUT2D eigenvalue weighted by molar-refractivity contribution is 0.628. The van der Waals surface area contributed by atoms with E-state index in [-0.39, 0.29) is 5.82 Å². The van der Waals surface area contributed by atoms with Crippen molar-refractivity contribution < 1.29 is 4.39 Å². The predicted molar refractivity (Wildman–Crippen MR) is 97.2 cm³/mol. The number of benzene rings is 1. The Morgan fingerprint density at radius 2 is 1.84 bits per heavy atom. The summed E-state index contributed by atoms with van der Waals surface area (Å²) < 4.78 is 14.9. The number of hydrogen-bond donors (Lipinski definition) is 0. The number of hydrogen-bond acceptors (Lipinski definition) is 4. The van der Waals surface area contributed by atoms with Crippen LogP contribution in [0.3, 0.4) is 0 Å². The van der Waals surface area contributed by atoms with Crippen LogP contribution in [0.5, 0.6) is 0 Å². The molecule has 0 radical (unpaired) electrons. The Kier molecular flexibility index (Phi) is 5.28. The maximum absolute atomic E-state index is 13.1. The van der Waals surface area contributed by atoms with Gasteiger partial charge in [0.05, 0.1) is 28.8 Å². The van der Waals surface area contributed by atoms with Crippen LogP contribution in [0.25, 0.3) is 11.3 Å². The average Bonchev–Trinajstić information content (AvgIpc) is 2.97. The van der Waals surface area contributed by atoms with Crippen molar-refractivity contribution >= 4 is 17.5 Å². The van der Waals surface area contributed by atoms with Gasteiger partial charge in [0.25, 0.3) is 0 Å². The molecule has 3 rings (SSSR count). The minimum atomic E-state index is -0.237. The van der Waals surface area contributed by atoms with Crippen LogP contribution in [-0.4, -0.2) is 33.3 Å². The van der Waals surface area contributed by atoms with E-state index in [0.717, 1.165) is 36.3 Å². The highest BCUT2D eigenvalue weighted by Gasteiger charge is 2.09. The maximum atomic E-state index is 13.1. The SMILES string of the molecule is CN(CCCc1cc(-c2ccc(F)cc2)n(C)n1)c1ncc(Cl)cn1. The largest absolute Gasteiger partial charge is 0.344 e. The minimum Gasteiger partial charge on any atom is -0.344 e. The molecule has 25 heavy (non-hydrogen) atoms. The Hall–Kier alpha value is -2.47. The molecule has 3 aromatic rings. The van der Waals surface area contributed by atoms with Gasteiger partial charge in [-0.15, -0.1) is 0 Å². The highest BCUT2D eigenvalue weighted by molar-refractivity contribution is 6.30. The lowest BCUT2D eigenvalue weighted by atomic mass is 10.1. The van der Waals surface area contributed by atoms with Gasteiger partial charge in [-0.2, -0.15) is 5.10 Å². The Bertz CT molecular complexity index is 830. The van der Waals surface area contributed by atoms with E-state index in [9.17, 15) is 4.39 Å². The molecule has 1 aromatic carbocycles. The number of aryl methyl sites for hydroxylation is 2. The lowest BCUT2D eigenvalue weighted by Gasteiger charge is -2.16. The van der Waals surface area contributed by atoms with Crippen molar-refractivity contribution in [1.29, 1.82) is 0 Å². The summed E-state index contributed by atoms with van der Waals surface area (Å²) in [4.78, 5) is 10.4. The zero-order chi connectivity index (χ0) is 17.8. The minimum absolute atomic E-state index is 0.237. The van der Waals surface area contributed by atoms with Crippen LogP contribution < -0.4 is 4.90 Å². The number of halogens is 2. The quantitative estimate of drug-likeness (QED) is 0.672. The Morgan fingerprint density at radius 3 is 2.52 bits per heavy atom. The van der Waals surface area contributed by atoms with Crippen LogP contribution in [0, 0.1) is 5.82 Å². The normalized spacial score (nSPS) is 10.9. The highest BCUT2D eigenvalue weighted by atomic mass is 35.5. The molecule has 0 aliphatic carbocycles. The van der Waals surface area contributed by atoms with Crippen molar-refractivity contribution in [2.45, 2.75) is 12.8 Å². The van der Waals surface area contributed by atoms with E-state index in [2.05, 4.69) is 15.1 Å². The van der Waals surface area contributed by atoms with Gasteiger partial charge in [-0.3, -0.25) is 4.68 Å². The molecular formula is C18H19ClFN5. The maximum Gasteiger partial charge on any atom is 0.225 e. The Labute approximate surface area is 151 Å². The molecule has 2 heterocycles. The third-order valence-corrected chi connectivity index (χ3v) is 4.14. The molecule has 0 aliphatic rings. The summed E-state index contributed by atoms with van der Waals surface area (Å²) in [6, 6.07) is 8.50. The number of nitrogens with zero attached hydrogens (tertiary/aromatic N) is 5. The Balaban J connectivity index is 1.59. The summed E-state index contributed by atoms with van der Waals surface area (Å²) in [5.74, 6) is 0.413. The van der Waals surface area contributed by atoms with E-state index in [0.29, 0.717) is 11.0 Å². The fraction of sp³-hybridized carbons (Fsp3) is 0.278. The van der Waals surface area contributed by atoms with E-state index in [4.69, 9.17) is 11.6 Å². The first-order valence-corrected chi connectivity index (χ1v) is 8.38. The van der Waals surface area contributed by atoms with Crippen molar-refractivity contribution in [3.8, 4) is 11.3 Å².